The number of hydrogen-bond donors (Lipinski definition) is 1. The highest BCUT2D eigenvalue weighted by Crippen LogP contribution is 2.14. The summed E-state index contributed by atoms with van der Waals surface area (Å²) in [5.41, 5.74) is 1.69. The van der Waals surface area contributed by atoms with Crippen molar-refractivity contribution >= 4 is 5.69 Å². The van der Waals surface area contributed by atoms with Crippen molar-refractivity contribution in [1.29, 1.82) is 0 Å². The summed E-state index contributed by atoms with van der Waals surface area (Å²) in [4.78, 5) is 0. The van der Waals surface area contributed by atoms with E-state index >= 15 is 0 Å². The van der Waals surface area contributed by atoms with Crippen molar-refractivity contribution in [1.82, 2.24) is 4.57 Å². The molecule has 0 bridgehead atoms. The van der Waals surface area contributed by atoms with Crippen molar-refractivity contribution in [2.45, 2.75) is 20.0 Å². The van der Waals surface area contributed by atoms with Gasteiger partial charge in [0.2, 0.25) is 0 Å². The van der Waals surface area contributed by atoms with E-state index in [9.17, 15) is 8.78 Å². The normalized spacial score (nSPS) is 10.5. The molecule has 2 nitrogen and oxygen atoms in total. The number of rotatable bonds is 4. The van der Waals surface area contributed by atoms with Gasteiger partial charge in [0.25, 0.3) is 0 Å². The van der Waals surface area contributed by atoms with Crippen molar-refractivity contribution < 1.29 is 8.78 Å². The molecule has 2 rings (SSSR count). The molecule has 1 aromatic heterocycles. The van der Waals surface area contributed by atoms with Crippen LogP contribution in [0.1, 0.15) is 12.6 Å². The number of benzene rings is 1. The number of nitrogens with one attached hydrogen (secondary N) is 1. The lowest BCUT2D eigenvalue weighted by Gasteiger charge is -2.09. The Labute approximate surface area is 98.9 Å². The van der Waals surface area contributed by atoms with E-state index in [0.29, 0.717) is 12.2 Å². The van der Waals surface area contributed by atoms with E-state index in [-0.39, 0.29) is 0 Å². The molecule has 17 heavy (non-hydrogen) atoms. The Morgan fingerprint density at radius 3 is 2.71 bits per heavy atom. The van der Waals surface area contributed by atoms with E-state index in [4.69, 9.17) is 0 Å². The van der Waals surface area contributed by atoms with Crippen LogP contribution in [0.2, 0.25) is 0 Å². The zero-order chi connectivity index (χ0) is 12.3. The maximum atomic E-state index is 13.0. The summed E-state index contributed by atoms with van der Waals surface area (Å²) < 4.78 is 27.8. The molecule has 90 valence electrons. The Morgan fingerprint density at radius 2 is 2.00 bits per heavy atom. The molecular weight excluding hydrogens is 222 g/mol. The van der Waals surface area contributed by atoms with Crippen molar-refractivity contribution in [2.75, 3.05) is 5.32 Å². The second kappa shape index (κ2) is 4.99. The Hall–Kier alpha value is -1.84. The van der Waals surface area contributed by atoms with Gasteiger partial charge in [0.15, 0.2) is 11.6 Å². The summed E-state index contributed by atoms with van der Waals surface area (Å²) in [7, 11) is 0. The predicted molar refractivity (Wildman–Crippen MR) is 63.8 cm³/mol. The van der Waals surface area contributed by atoms with Crippen molar-refractivity contribution in [3.63, 3.8) is 0 Å². The molecule has 1 N–H and O–H groups in total. The number of hydrogen-bond acceptors (Lipinski definition) is 1. The van der Waals surface area contributed by atoms with Crippen LogP contribution in [0.25, 0.3) is 0 Å². The average molecular weight is 236 g/mol. The Bertz CT molecular complexity index is 506. The van der Waals surface area contributed by atoms with Crippen LogP contribution in [-0.2, 0) is 13.1 Å². The molecule has 0 fully saturated rings. The topological polar surface area (TPSA) is 17.0 Å². The zero-order valence-corrected chi connectivity index (χ0v) is 9.58. The van der Waals surface area contributed by atoms with Crippen LogP contribution in [0.3, 0.4) is 0 Å². The molecule has 0 radical (unpaired) electrons. The van der Waals surface area contributed by atoms with Crippen LogP contribution in [0, 0.1) is 11.6 Å². The first-order chi connectivity index (χ1) is 8.20. The lowest BCUT2D eigenvalue weighted by molar-refractivity contribution is 0.509. The second-order valence-corrected chi connectivity index (χ2v) is 3.77. The summed E-state index contributed by atoms with van der Waals surface area (Å²) in [5.74, 6) is -1.66. The van der Waals surface area contributed by atoms with Gasteiger partial charge in [-0.3, -0.25) is 0 Å². The van der Waals surface area contributed by atoms with E-state index in [1.807, 2.05) is 18.3 Å². The van der Waals surface area contributed by atoms with Gasteiger partial charge >= 0.3 is 0 Å². The highest BCUT2D eigenvalue weighted by molar-refractivity contribution is 5.43. The lowest BCUT2D eigenvalue weighted by atomic mass is 10.3. The predicted octanol–water partition coefficient (Wildman–Crippen LogP) is 3.40. The maximum Gasteiger partial charge on any atom is 0.160 e. The van der Waals surface area contributed by atoms with Crippen LogP contribution in [-0.4, -0.2) is 4.57 Å². The minimum absolute atomic E-state index is 0.577. The molecule has 1 heterocycles. The summed E-state index contributed by atoms with van der Waals surface area (Å²) in [6.07, 6.45) is 1.99. The fourth-order valence-corrected chi connectivity index (χ4v) is 1.72. The first kappa shape index (κ1) is 11.6. The zero-order valence-electron chi connectivity index (χ0n) is 9.58. The fourth-order valence-electron chi connectivity index (χ4n) is 1.72. The molecule has 0 aliphatic heterocycles. The second-order valence-electron chi connectivity index (χ2n) is 3.77. The number of nitrogens with zero attached hydrogens (tertiary/aromatic N) is 1. The quantitative estimate of drug-likeness (QED) is 0.860. The van der Waals surface area contributed by atoms with E-state index in [0.717, 1.165) is 24.4 Å². The molecule has 0 amide bonds. The molecule has 0 aliphatic carbocycles. The molecular formula is C13H14F2N2. The Kier molecular flexibility index (Phi) is 3.42. The van der Waals surface area contributed by atoms with E-state index in [1.165, 1.54) is 6.07 Å². The Balaban J connectivity index is 2.05. The van der Waals surface area contributed by atoms with Crippen LogP contribution >= 0.6 is 0 Å². The molecule has 0 atom stereocenters. The third kappa shape index (κ3) is 2.64. The van der Waals surface area contributed by atoms with Crippen LogP contribution in [0.15, 0.2) is 36.5 Å². The summed E-state index contributed by atoms with van der Waals surface area (Å²) >= 11 is 0. The van der Waals surface area contributed by atoms with Gasteiger partial charge in [-0.25, -0.2) is 8.78 Å². The summed E-state index contributed by atoms with van der Waals surface area (Å²) in [6, 6.07) is 7.77. The number of halogens is 2. The molecule has 0 saturated heterocycles. The summed E-state index contributed by atoms with van der Waals surface area (Å²) in [5, 5.41) is 3.06. The smallest absolute Gasteiger partial charge is 0.160 e. The first-order valence-electron chi connectivity index (χ1n) is 5.53. The highest BCUT2D eigenvalue weighted by Gasteiger charge is 2.03. The van der Waals surface area contributed by atoms with E-state index < -0.39 is 11.6 Å². The molecule has 1 aromatic carbocycles. The van der Waals surface area contributed by atoms with Crippen molar-refractivity contribution in [3.8, 4) is 0 Å². The molecule has 0 spiro atoms. The third-order valence-corrected chi connectivity index (χ3v) is 2.66. The number of aromatic nitrogens is 1. The minimum atomic E-state index is -0.833. The summed E-state index contributed by atoms with van der Waals surface area (Å²) in [6.45, 7) is 3.54. The van der Waals surface area contributed by atoms with Crippen LogP contribution < -0.4 is 5.32 Å². The molecule has 4 heteroatoms. The van der Waals surface area contributed by atoms with Gasteiger partial charge in [0, 0.05) is 30.2 Å². The molecule has 0 unspecified atom stereocenters. The molecule has 0 saturated carbocycles. The van der Waals surface area contributed by atoms with Crippen molar-refractivity contribution in [2.24, 2.45) is 0 Å². The third-order valence-electron chi connectivity index (χ3n) is 2.66. The van der Waals surface area contributed by atoms with E-state index in [1.54, 1.807) is 0 Å². The molecule has 2 aromatic rings. The molecule has 0 aliphatic rings. The van der Waals surface area contributed by atoms with Crippen LogP contribution in [0.5, 0.6) is 0 Å². The van der Waals surface area contributed by atoms with Gasteiger partial charge in [-0.1, -0.05) is 0 Å². The highest BCUT2D eigenvalue weighted by atomic mass is 19.2. The number of aryl methyl sites for hydroxylation is 1. The van der Waals surface area contributed by atoms with E-state index in [2.05, 4.69) is 16.8 Å². The van der Waals surface area contributed by atoms with Crippen LogP contribution in [0.4, 0.5) is 14.5 Å². The lowest BCUT2D eigenvalue weighted by Crippen LogP contribution is -2.06. The fraction of sp³-hybridized carbons (Fsp3) is 0.231. The largest absolute Gasteiger partial charge is 0.379 e. The van der Waals surface area contributed by atoms with Crippen molar-refractivity contribution in [3.05, 3.63) is 53.9 Å². The minimum Gasteiger partial charge on any atom is -0.379 e. The average Bonchev–Trinajstić information content (AvgIpc) is 2.78. The number of anilines is 1. The van der Waals surface area contributed by atoms with Gasteiger partial charge in [0.05, 0.1) is 6.54 Å². The van der Waals surface area contributed by atoms with Gasteiger partial charge in [0.1, 0.15) is 0 Å². The van der Waals surface area contributed by atoms with Gasteiger partial charge in [-0.2, -0.15) is 0 Å². The van der Waals surface area contributed by atoms with Gasteiger partial charge in [-0.05, 0) is 31.2 Å². The van der Waals surface area contributed by atoms with Gasteiger partial charge < -0.3 is 9.88 Å². The Morgan fingerprint density at radius 1 is 1.18 bits per heavy atom. The SMILES string of the molecule is CCn1cccc1CNc1ccc(F)c(F)c1. The first-order valence-corrected chi connectivity index (χ1v) is 5.53. The standard InChI is InChI=1S/C13H14F2N2/c1-2-17-7-3-4-11(17)9-16-10-5-6-12(14)13(15)8-10/h3-8,16H,2,9H2,1H3. The van der Waals surface area contributed by atoms with Gasteiger partial charge in [-0.15, -0.1) is 0 Å². The monoisotopic (exact) mass is 236 g/mol. The maximum absolute atomic E-state index is 13.0.